The molecule has 0 saturated carbocycles. The first-order valence-corrected chi connectivity index (χ1v) is 9.14. The number of Topliss-reactive ketones (excluding diaryl/α,β-unsaturated/α-hetero) is 1. The van der Waals surface area contributed by atoms with E-state index in [2.05, 4.69) is 15.4 Å². The van der Waals surface area contributed by atoms with Gasteiger partial charge in [0, 0.05) is 16.7 Å². The first kappa shape index (κ1) is 20.2. The largest absolute Gasteiger partial charge is 0.496 e. The second-order valence-corrected chi connectivity index (χ2v) is 6.76. The van der Waals surface area contributed by atoms with E-state index in [4.69, 9.17) is 9.47 Å². The molecule has 0 atom stereocenters. The number of carbonyl (C=O) groups is 2. The van der Waals surface area contributed by atoms with Crippen molar-refractivity contribution >= 4 is 11.8 Å². The highest BCUT2D eigenvalue weighted by atomic mass is 16.5. The standard InChI is InChI=1S/C21H22N4O4/c1-13(2)29-21(27)17-7-5-6-16(11-17)20-22-24-25(23-20)12-18-10-15(14(3)26)8-9-19(18)28-4/h5-11,13H,12H2,1-4H3. The molecule has 8 heteroatoms. The SMILES string of the molecule is COc1ccc(C(C)=O)cc1Cn1nnc(-c2cccc(C(=O)OC(C)C)c2)n1. The van der Waals surface area contributed by atoms with E-state index in [0.29, 0.717) is 28.3 Å². The number of hydrogen-bond donors (Lipinski definition) is 0. The Balaban J connectivity index is 1.84. The molecule has 0 aliphatic heterocycles. The van der Waals surface area contributed by atoms with E-state index in [0.717, 1.165) is 5.56 Å². The van der Waals surface area contributed by atoms with Gasteiger partial charge in [0.2, 0.25) is 5.82 Å². The molecule has 8 nitrogen and oxygen atoms in total. The number of tetrazole rings is 1. The molecule has 3 aromatic rings. The van der Waals surface area contributed by atoms with Crippen LogP contribution in [0.25, 0.3) is 11.4 Å². The molecule has 0 amide bonds. The van der Waals surface area contributed by atoms with Crippen LogP contribution in [0.3, 0.4) is 0 Å². The molecule has 0 saturated heterocycles. The van der Waals surface area contributed by atoms with Crippen molar-refractivity contribution in [1.29, 1.82) is 0 Å². The van der Waals surface area contributed by atoms with E-state index in [1.165, 1.54) is 11.7 Å². The molecule has 1 heterocycles. The van der Waals surface area contributed by atoms with Crippen LogP contribution < -0.4 is 4.74 Å². The van der Waals surface area contributed by atoms with Crippen molar-refractivity contribution in [2.75, 3.05) is 7.11 Å². The number of methoxy groups -OCH3 is 1. The molecule has 0 unspecified atom stereocenters. The number of carbonyl (C=O) groups excluding carboxylic acids is 2. The van der Waals surface area contributed by atoms with Crippen LogP contribution in [0.15, 0.2) is 42.5 Å². The number of rotatable bonds is 7. The summed E-state index contributed by atoms with van der Waals surface area (Å²) >= 11 is 0. The molecule has 0 fully saturated rings. The smallest absolute Gasteiger partial charge is 0.338 e. The van der Waals surface area contributed by atoms with Crippen molar-refractivity contribution in [3.63, 3.8) is 0 Å². The summed E-state index contributed by atoms with van der Waals surface area (Å²) < 4.78 is 10.6. The van der Waals surface area contributed by atoms with Crippen LogP contribution in [0.5, 0.6) is 5.75 Å². The fourth-order valence-corrected chi connectivity index (χ4v) is 2.77. The predicted molar refractivity (Wildman–Crippen MR) is 106 cm³/mol. The Labute approximate surface area is 168 Å². The van der Waals surface area contributed by atoms with Crippen LogP contribution in [-0.2, 0) is 11.3 Å². The van der Waals surface area contributed by atoms with Crippen molar-refractivity contribution < 1.29 is 19.1 Å². The molecule has 150 valence electrons. The van der Waals surface area contributed by atoms with E-state index in [1.807, 2.05) is 0 Å². The van der Waals surface area contributed by atoms with Crippen LogP contribution >= 0.6 is 0 Å². The monoisotopic (exact) mass is 394 g/mol. The average molecular weight is 394 g/mol. The second-order valence-electron chi connectivity index (χ2n) is 6.76. The number of aromatic nitrogens is 4. The van der Waals surface area contributed by atoms with Gasteiger partial charge in [-0.05, 0) is 56.3 Å². The van der Waals surface area contributed by atoms with Gasteiger partial charge in [-0.15, -0.1) is 10.2 Å². The molecule has 0 bridgehead atoms. The minimum absolute atomic E-state index is 0.0359. The summed E-state index contributed by atoms with van der Waals surface area (Å²) in [6.07, 6.45) is -0.203. The Kier molecular flexibility index (Phi) is 6.01. The zero-order valence-electron chi connectivity index (χ0n) is 16.7. The second kappa shape index (κ2) is 8.64. The van der Waals surface area contributed by atoms with Crippen molar-refractivity contribution in [2.45, 2.75) is 33.4 Å². The zero-order chi connectivity index (χ0) is 21.0. The van der Waals surface area contributed by atoms with Gasteiger partial charge in [0.05, 0.1) is 25.3 Å². The fraction of sp³-hybridized carbons (Fsp3) is 0.286. The first-order chi connectivity index (χ1) is 13.9. The van der Waals surface area contributed by atoms with Crippen LogP contribution in [-0.4, -0.2) is 45.2 Å². The molecule has 1 aromatic heterocycles. The van der Waals surface area contributed by atoms with E-state index < -0.39 is 5.97 Å². The normalized spacial score (nSPS) is 10.8. The summed E-state index contributed by atoms with van der Waals surface area (Å²) in [5.74, 6) is 0.574. The third-order valence-electron chi connectivity index (χ3n) is 4.15. The molecule has 0 aliphatic carbocycles. The third-order valence-corrected chi connectivity index (χ3v) is 4.15. The Morgan fingerprint density at radius 3 is 2.59 bits per heavy atom. The van der Waals surface area contributed by atoms with Crippen molar-refractivity contribution in [2.24, 2.45) is 0 Å². The maximum absolute atomic E-state index is 12.1. The quantitative estimate of drug-likeness (QED) is 0.448. The minimum atomic E-state index is -0.403. The predicted octanol–water partition coefficient (Wildman–Crippen LogP) is 3.16. The van der Waals surface area contributed by atoms with E-state index >= 15 is 0 Å². The van der Waals surface area contributed by atoms with E-state index in [-0.39, 0.29) is 18.4 Å². The summed E-state index contributed by atoms with van der Waals surface area (Å²) in [6, 6.07) is 12.1. The lowest BCUT2D eigenvalue weighted by atomic mass is 10.1. The molecule has 0 spiro atoms. The van der Waals surface area contributed by atoms with Gasteiger partial charge in [-0.1, -0.05) is 12.1 Å². The number of hydrogen-bond acceptors (Lipinski definition) is 7. The van der Waals surface area contributed by atoms with Crippen LogP contribution in [0, 0.1) is 0 Å². The summed E-state index contributed by atoms with van der Waals surface area (Å²) in [7, 11) is 1.56. The molecule has 0 radical (unpaired) electrons. The Hall–Kier alpha value is -3.55. The highest BCUT2D eigenvalue weighted by Crippen LogP contribution is 2.22. The first-order valence-electron chi connectivity index (χ1n) is 9.14. The van der Waals surface area contributed by atoms with Gasteiger partial charge in [-0.25, -0.2) is 4.79 Å². The molecule has 3 rings (SSSR count). The molecule has 29 heavy (non-hydrogen) atoms. The van der Waals surface area contributed by atoms with Gasteiger partial charge in [-0.3, -0.25) is 4.79 Å². The van der Waals surface area contributed by atoms with Crippen LogP contribution in [0.4, 0.5) is 0 Å². The Morgan fingerprint density at radius 2 is 1.90 bits per heavy atom. The topological polar surface area (TPSA) is 96.2 Å². The van der Waals surface area contributed by atoms with Gasteiger partial charge in [0.1, 0.15) is 5.75 Å². The highest BCUT2D eigenvalue weighted by molar-refractivity contribution is 5.94. The maximum atomic E-state index is 12.1. The number of nitrogens with zero attached hydrogens (tertiary/aromatic N) is 4. The molecule has 0 N–H and O–H groups in total. The molecular formula is C21H22N4O4. The highest BCUT2D eigenvalue weighted by Gasteiger charge is 2.14. The minimum Gasteiger partial charge on any atom is -0.496 e. The average Bonchev–Trinajstić information content (AvgIpc) is 3.16. The Morgan fingerprint density at radius 1 is 1.10 bits per heavy atom. The van der Waals surface area contributed by atoms with Gasteiger partial charge >= 0.3 is 5.97 Å². The molecule has 0 aliphatic rings. The van der Waals surface area contributed by atoms with Gasteiger partial charge < -0.3 is 9.47 Å². The van der Waals surface area contributed by atoms with E-state index in [9.17, 15) is 9.59 Å². The van der Waals surface area contributed by atoms with Crippen LogP contribution in [0.1, 0.15) is 47.1 Å². The molecular weight excluding hydrogens is 372 g/mol. The lowest BCUT2D eigenvalue weighted by molar-refractivity contribution is 0.0378. The molecule has 2 aromatic carbocycles. The third kappa shape index (κ3) is 4.84. The summed E-state index contributed by atoms with van der Waals surface area (Å²) in [4.78, 5) is 25.2. The number of ketones is 1. The zero-order valence-corrected chi connectivity index (χ0v) is 16.7. The summed E-state index contributed by atoms with van der Waals surface area (Å²) in [6.45, 7) is 5.38. The fourth-order valence-electron chi connectivity index (χ4n) is 2.77. The lowest BCUT2D eigenvalue weighted by Gasteiger charge is -2.09. The number of ether oxygens (including phenoxy) is 2. The van der Waals surface area contributed by atoms with Crippen molar-refractivity contribution in [3.8, 4) is 17.1 Å². The number of esters is 1. The maximum Gasteiger partial charge on any atom is 0.338 e. The van der Waals surface area contributed by atoms with Gasteiger partial charge in [0.25, 0.3) is 0 Å². The Bertz CT molecular complexity index is 1040. The summed E-state index contributed by atoms with van der Waals surface area (Å²) in [5.41, 5.74) is 2.42. The van der Waals surface area contributed by atoms with Gasteiger partial charge in [-0.2, -0.15) is 4.80 Å². The lowest BCUT2D eigenvalue weighted by Crippen LogP contribution is -2.11. The van der Waals surface area contributed by atoms with E-state index in [1.54, 1.807) is 63.4 Å². The number of benzene rings is 2. The van der Waals surface area contributed by atoms with Crippen molar-refractivity contribution in [3.05, 3.63) is 59.2 Å². The van der Waals surface area contributed by atoms with Crippen LogP contribution in [0.2, 0.25) is 0 Å². The van der Waals surface area contributed by atoms with Gasteiger partial charge in [0.15, 0.2) is 5.78 Å². The van der Waals surface area contributed by atoms with Crippen molar-refractivity contribution in [1.82, 2.24) is 20.2 Å². The summed E-state index contributed by atoms with van der Waals surface area (Å²) in [5, 5.41) is 12.5.